The van der Waals surface area contributed by atoms with Crippen molar-refractivity contribution >= 4 is 0 Å². The number of likely N-dealkylation sites (N-methyl/N-ethyl adjacent to an activating group) is 3. The zero-order valence-electron chi connectivity index (χ0n) is 12.8. The van der Waals surface area contributed by atoms with Crippen LogP contribution in [0.25, 0.3) is 0 Å². The summed E-state index contributed by atoms with van der Waals surface area (Å²) in [7, 11) is 6.27. The first-order chi connectivity index (χ1) is 8.60. The predicted octanol–water partition coefficient (Wildman–Crippen LogP) is 0.883. The number of hydrogen-bond acceptors (Lipinski definition) is 4. The number of nitrogens with one attached hydrogen (secondary N) is 1. The molecule has 4 nitrogen and oxygen atoms in total. The van der Waals surface area contributed by atoms with Gasteiger partial charge in [-0.05, 0) is 33.0 Å². The highest BCUT2D eigenvalue weighted by Crippen LogP contribution is 2.18. The largest absolute Gasteiger partial charge is 0.385 e. The molecule has 0 aromatic heterocycles. The number of nitrogens with zero attached hydrogens (tertiary/aromatic N) is 2. The molecular weight excluding hydrogens is 226 g/mol. The predicted molar refractivity (Wildman–Crippen MR) is 77.0 cm³/mol. The molecule has 0 saturated carbocycles. The number of ether oxygens (including phenoxy) is 1. The van der Waals surface area contributed by atoms with Crippen molar-refractivity contribution in [2.24, 2.45) is 5.92 Å². The topological polar surface area (TPSA) is 27.7 Å². The molecule has 1 aliphatic rings. The van der Waals surface area contributed by atoms with Crippen LogP contribution in [0.4, 0.5) is 0 Å². The van der Waals surface area contributed by atoms with Crippen LogP contribution in [0.3, 0.4) is 0 Å². The van der Waals surface area contributed by atoms with Crippen molar-refractivity contribution in [3.05, 3.63) is 0 Å². The second-order valence-electron chi connectivity index (χ2n) is 5.65. The lowest BCUT2D eigenvalue weighted by molar-refractivity contribution is 0.0653. The lowest BCUT2D eigenvalue weighted by atomic mass is 9.90. The van der Waals surface area contributed by atoms with Gasteiger partial charge in [-0.3, -0.25) is 4.90 Å². The summed E-state index contributed by atoms with van der Waals surface area (Å²) in [4.78, 5) is 4.95. The summed E-state index contributed by atoms with van der Waals surface area (Å²) in [5.41, 5.74) is 0. The van der Waals surface area contributed by atoms with Crippen LogP contribution in [0.1, 0.15) is 20.3 Å². The Morgan fingerprint density at radius 2 is 2.06 bits per heavy atom. The molecule has 4 heteroatoms. The molecule has 1 saturated heterocycles. The maximum absolute atomic E-state index is 5.22. The van der Waals surface area contributed by atoms with Crippen molar-refractivity contribution in [2.45, 2.75) is 32.4 Å². The third kappa shape index (κ3) is 4.50. The summed E-state index contributed by atoms with van der Waals surface area (Å²) in [5, 5.41) is 3.69. The van der Waals surface area contributed by atoms with Crippen LogP contribution in [0.5, 0.6) is 0 Å². The second-order valence-corrected chi connectivity index (χ2v) is 5.65. The monoisotopic (exact) mass is 257 g/mol. The molecule has 0 radical (unpaired) electrons. The average molecular weight is 257 g/mol. The highest BCUT2D eigenvalue weighted by Gasteiger charge is 2.32. The van der Waals surface area contributed by atoms with Gasteiger partial charge in [0.1, 0.15) is 0 Å². The van der Waals surface area contributed by atoms with Crippen LogP contribution in [0, 0.1) is 5.92 Å². The molecule has 0 aromatic rings. The molecule has 0 aliphatic carbocycles. The molecule has 0 aromatic carbocycles. The zero-order valence-corrected chi connectivity index (χ0v) is 12.8. The molecule has 0 bridgehead atoms. The lowest BCUT2D eigenvalue weighted by Crippen LogP contribution is -2.60. The standard InChI is InChI=1S/C14H31N3O/c1-6-15-14(12(2)7-10-18-5)13-11-16(3)8-9-17(13)4/h12-15H,6-11H2,1-5H3. The highest BCUT2D eigenvalue weighted by atomic mass is 16.5. The van der Waals surface area contributed by atoms with Crippen LogP contribution >= 0.6 is 0 Å². The lowest BCUT2D eigenvalue weighted by Gasteiger charge is -2.44. The van der Waals surface area contributed by atoms with E-state index in [4.69, 9.17) is 4.74 Å². The molecule has 0 spiro atoms. The Morgan fingerprint density at radius 3 is 2.67 bits per heavy atom. The zero-order chi connectivity index (χ0) is 13.5. The Morgan fingerprint density at radius 1 is 1.33 bits per heavy atom. The third-order valence-electron chi connectivity index (χ3n) is 4.14. The fourth-order valence-corrected chi connectivity index (χ4v) is 2.87. The van der Waals surface area contributed by atoms with E-state index in [0.29, 0.717) is 18.0 Å². The van der Waals surface area contributed by atoms with E-state index < -0.39 is 0 Å². The van der Waals surface area contributed by atoms with Crippen molar-refractivity contribution in [2.75, 3.05) is 54.0 Å². The number of piperazine rings is 1. The Bertz CT molecular complexity index is 225. The maximum Gasteiger partial charge on any atom is 0.0465 e. The van der Waals surface area contributed by atoms with Gasteiger partial charge in [0.15, 0.2) is 0 Å². The van der Waals surface area contributed by atoms with E-state index in [1.54, 1.807) is 7.11 Å². The van der Waals surface area contributed by atoms with E-state index >= 15 is 0 Å². The van der Waals surface area contributed by atoms with Gasteiger partial charge in [-0.1, -0.05) is 13.8 Å². The number of rotatable bonds is 7. The molecule has 1 rings (SSSR count). The highest BCUT2D eigenvalue weighted by molar-refractivity contribution is 4.91. The summed E-state index contributed by atoms with van der Waals surface area (Å²) in [6.07, 6.45) is 1.13. The van der Waals surface area contributed by atoms with Gasteiger partial charge in [0.25, 0.3) is 0 Å². The molecule has 18 heavy (non-hydrogen) atoms. The number of hydrogen-bond donors (Lipinski definition) is 1. The molecule has 3 atom stereocenters. The van der Waals surface area contributed by atoms with E-state index in [9.17, 15) is 0 Å². The Hall–Kier alpha value is -0.160. The van der Waals surface area contributed by atoms with Crippen molar-refractivity contribution in [3.8, 4) is 0 Å². The third-order valence-corrected chi connectivity index (χ3v) is 4.14. The minimum atomic E-state index is 0.554. The van der Waals surface area contributed by atoms with Crippen LogP contribution in [-0.2, 0) is 4.74 Å². The fraction of sp³-hybridized carbons (Fsp3) is 1.00. The van der Waals surface area contributed by atoms with Gasteiger partial charge in [0, 0.05) is 45.4 Å². The van der Waals surface area contributed by atoms with Crippen molar-refractivity contribution in [3.63, 3.8) is 0 Å². The molecule has 1 aliphatic heterocycles. The molecular formula is C14H31N3O. The van der Waals surface area contributed by atoms with Gasteiger partial charge in [-0.2, -0.15) is 0 Å². The molecule has 1 fully saturated rings. The van der Waals surface area contributed by atoms with Crippen LogP contribution in [0.15, 0.2) is 0 Å². The van der Waals surface area contributed by atoms with Crippen LogP contribution < -0.4 is 5.32 Å². The smallest absolute Gasteiger partial charge is 0.0465 e. The average Bonchev–Trinajstić information content (AvgIpc) is 2.36. The number of methoxy groups -OCH3 is 1. The van der Waals surface area contributed by atoms with Gasteiger partial charge in [-0.25, -0.2) is 0 Å². The summed E-state index contributed by atoms with van der Waals surface area (Å²) >= 11 is 0. The van der Waals surface area contributed by atoms with Gasteiger partial charge < -0.3 is 15.0 Å². The summed E-state index contributed by atoms with van der Waals surface area (Å²) in [6.45, 7) is 9.94. The van der Waals surface area contributed by atoms with Crippen molar-refractivity contribution in [1.82, 2.24) is 15.1 Å². The summed E-state index contributed by atoms with van der Waals surface area (Å²) < 4.78 is 5.22. The molecule has 108 valence electrons. The summed E-state index contributed by atoms with van der Waals surface area (Å²) in [5.74, 6) is 0.642. The maximum atomic E-state index is 5.22. The minimum absolute atomic E-state index is 0.554. The second kappa shape index (κ2) is 8.10. The SMILES string of the molecule is CCNC(C(C)CCOC)C1CN(C)CCN1C. The fourth-order valence-electron chi connectivity index (χ4n) is 2.87. The Kier molecular flexibility index (Phi) is 7.15. The normalized spacial score (nSPS) is 26.2. The Balaban J connectivity index is 2.63. The van der Waals surface area contributed by atoms with E-state index in [-0.39, 0.29) is 0 Å². The Labute approximate surface area is 113 Å². The molecule has 1 heterocycles. The van der Waals surface area contributed by atoms with Gasteiger partial charge >= 0.3 is 0 Å². The first kappa shape index (κ1) is 15.9. The van der Waals surface area contributed by atoms with E-state index in [2.05, 4.69) is 43.1 Å². The summed E-state index contributed by atoms with van der Waals surface area (Å²) in [6, 6.07) is 1.16. The molecule has 3 unspecified atom stereocenters. The van der Waals surface area contributed by atoms with Gasteiger partial charge in [0.2, 0.25) is 0 Å². The van der Waals surface area contributed by atoms with E-state index in [1.165, 1.54) is 13.1 Å². The van der Waals surface area contributed by atoms with Crippen LogP contribution in [-0.4, -0.2) is 75.9 Å². The molecule has 1 N–H and O–H groups in total. The first-order valence-electron chi connectivity index (χ1n) is 7.21. The van der Waals surface area contributed by atoms with E-state index in [1.807, 2.05) is 0 Å². The quantitative estimate of drug-likeness (QED) is 0.733. The first-order valence-corrected chi connectivity index (χ1v) is 7.21. The van der Waals surface area contributed by atoms with Gasteiger partial charge in [-0.15, -0.1) is 0 Å². The van der Waals surface area contributed by atoms with Gasteiger partial charge in [0.05, 0.1) is 0 Å². The minimum Gasteiger partial charge on any atom is -0.385 e. The van der Waals surface area contributed by atoms with E-state index in [0.717, 1.165) is 26.1 Å². The van der Waals surface area contributed by atoms with Crippen LogP contribution in [0.2, 0.25) is 0 Å². The van der Waals surface area contributed by atoms with Crippen molar-refractivity contribution in [1.29, 1.82) is 0 Å². The molecule has 0 amide bonds. The van der Waals surface area contributed by atoms with Crippen molar-refractivity contribution < 1.29 is 4.74 Å².